The molecule has 0 spiro atoms. The summed E-state index contributed by atoms with van der Waals surface area (Å²) in [5.74, 6) is -0.00636. The minimum atomic E-state index is -0.905. The highest BCUT2D eigenvalue weighted by Gasteiger charge is 2.19. The predicted octanol–water partition coefficient (Wildman–Crippen LogP) is 4.32. The first-order valence-corrected chi connectivity index (χ1v) is 9.29. The van der Waals surface area contributed by atoms with Gasteiger partial charge < -0.3 is 14.8 Å². The van der Waals surface area contributed by atoms with Crippen molar-refractivity contribution in [3.8, 4) is 5.75 Å². The summed E-state index contributed by atoms with van der Waals surface area (Å²) in [7, 11) is 1.59. The molecule has 2 aromatic rings. The van der Waals surface area contributed by atoms with E-state index in [4.69, 9.17) is 21.1 Å². The molecule has 0 heterocycles. The highest BCUT2D eigenvalue weighted by Crippen LogP contribution is 2.24. The summed E-state index contributed by atoms with van der Waals surface area (Å²) in [6.07, 6.45) is -0.905. The summed E-state index contributed by atoms with van der Waals surface area (Å²) >= 11 is 7.36. The smallest absolute Gasteiger partial charge is 0.317 e. The molecule has 0 aliphatic carbocycles. The number of ether oxygens (including phenoxy) is 2. The first kappa shape index (κ1) is 20.1. The van der Waals surface area contributed by atoms with Gasteiger partial charge in [-0.3, -0.25) is 9.59 Å². The average molecular weight is 394 g/mol. The van der Waals surface area contributed by atoms with Gasteiger partial charge in [0.05, 0.1) is 12.9 Å². The van der Waals surface area contributed by atoms with E-state index in [9.17, 15) is 9.59 Å². The third kappa shape index (κ3) is 5.68. The summed E-state index contributed by atoms with van der Waals surface area (Å²) in [5, 5.41) is 3.28. The van der Waals surface area contributed by atoms with Crippen molar-refractivity contribution in [2.75, 3.05) is 18.2 Å². The molecule has 1 N–H and O–H groups in total. The van der Waals surface area contributed by atoms with E-state index < -0.39 is 18.0 Å². The average Bonchev–Trinajstić information content (AvgIpc) is 2.64. The van der Waals surface area contributed by atoms with Gasteiger partial charge in [-0.1, -0.05) is 17.7 Å². The maximum atomic E-state index is 12.2. The van der Waals surface area contributed by atoms with Crippen molar-refractivity contribution in [2.45, 2.75) is 24.8 Å². The molecule has 26 heavy (non-hydrogen) atoms. The van der Waals surface area contributed by atoms with E-state index in [-0.39, 0.29) is 5.75 Å². The molecule has 1 amide bonds. The van der Waals surface area contributed by atoms with E-state index >= 15 is 0 Å². The van der Waals surface area contributed by atoms with Gasteiger partial charge >= 0.3 is 5.97 Å². The van der Waals surface area contributed by atoms with Crippen LogP contribution in [0.25, 0.3) is 0 Å². The molecule has 7 heteroatoms. The normalized spacial score (nSPS) is 11.5. The summed E-state index contributed by atoms with van der Waals surface area (Å²) in [6.45, 7) is 3.34. The fourth-order valence-corrected chi connectivity index (χ4v) is 2.93. The summed E-state index contributed by atoms with van der Waals surface area (Å²) in [6, 6.07) is 12.6. The Morgan fingerprint density at radius 3 is 2.54 bits per heavy atom. The minimum Gasteiger partial charge on any atom is -0.497 e. The lowest BCUT2D eigenvalue weighted by Gasteiger charge is -2.15. The second-order valence-corrected chi connectivity index (χ2v) is 6.95. The number of rotatable bonds is 7. The van der Waals surface area contributed by atoms with E-state index in [0.29, 0.717) is 10.7 Å². The number of hydrogen-bond donors (Lipinski definition) is 1. The van der Waals surface area contributed by atoms with Gasteiger partial charge in [0.25, 0.3) is 5.91 Å². The van der Waals surface area contributed by atoms with Crippen LogP contribution in [0.4, 0.5) is 5.69 Å². The summed E-state index contributed by atoms with van der Waals surface area (Å²) < 4.78 is 10.3. The Kier molecular flexibility index (Phi) is 7.36. The number of anilines is 1. The number of hydrogen-bond acceptors (Lipinski definition) is 5. The number of benzene rings is 2. The lowest BCUT2D eigenvalue weighted by molar-refractivity contribution is -0.150. The van der Waals surface area contributed by atoms with Crippen LogP contribution in [0.15, 0.2) is 47.4 Å². The van der Waals surface area contributed by atoms with Gasteiger partial charge in [0.1, 0.15) is 5.75 Å². The molecule has 0 unspecified atom stereocenters. The van der Waals surface area contributed by atoms with Crippen LogP contribution in [0.1, 0.15) is 12.5 Å². The first-order valence-electron chi connectivity index (χ1n) is 7.93. The van der Waals surface area contributed by atoms with Crippen molar-refractivity contribution in [2.24, 2.45) is 0 Å². The maximum Gasteiger partial charge on any atom is 0.317 e. The van der Waals surface area contributed by atoms with Crippen molar-refractivity contribution in [1.82, 2.24) is 0 Å². The Hall–Kier alpha value is -2.18. The molecule has 2 rings (SSSR count). The lowest BCUT2D eigenvalue weighted by Crippen LogP contribution is -2.30. The largest absolute Gasteiger partial charge is 0.497 e. The van der Waals surface area contributed by atoms with E-state index in [0.717, 1.165) is 16.2 Å². The number of amides is 1. The van der Waals surface area contributed by atoms with Gasteiger partial charge in [-0.05, 0) is 55.8 Å². The predicted molar refractivity (Wildman–Crippen MR) is 104 cm³/mol. The monoisotopic (exact) mass is 393 g/mol. The number of nitrogens with one attached hydrogen (secondary N) is 1. The zero-order valence-corrected chi connectivity index (χ0v) is 16.3. The minimum absolute atomic E-state index is 0.111. The van der Waals surface area contributed by atoms with E-state index in [1.807, 2.05) is 24.3 Å². The van der Waals surface area contributed by atoms with Crippen LogP contribution in [-0.4, -0.2) is 30.8 Å². The van der Waals surface area contributed by atoms with Gasteiger partial charge in [-0.15, -0.1) is 11.8 Å². The molecule has 138 valence electrons. The topological polar surface area (TPSA) is 64.6 Å². The van der Waals surface area contributed by atoms with Crippen LogP contribution in [0.3, 0.4) is 0 Å². The fourth-order valence-electron chi connectivity index (χ4n) is 2.08. The van der Waals surface area contributed by atoms with Crippen molar-refractivity contribution >= 4 is 40.9 Å². The third-order valence-electron chi connectivity index (χ3n) is 3.62. The number of carbonyl (C=O) groups is 2. The quantitative estimate of drug-likeness (QED) is 0.560. The summed E-state index contributed by atoms with van der Waals surface area (Å²) in [4.78, 5) is 25.1. The Labute approximate surface area is 162 Å². The maximum absolute atomic E-state index is 12.2. The Morgan fingerprint density at radius 2 is 1.88 bits per heavy atom. The second-order valence-electron chi connectivity index (χ2n) is 5.50. The molecule has 0 saturated heterocycles. The van der Waals surface area contributed by atoms with Crippen molar-refractivity contribution in [3.63, 3.8) is 0 Å². The Balaban J connectivity index is 1.83. The van der Waals surface area contributed by atoms with Crippen molar-refractivity contribution in [3.05, 3.63) is 53.1 Å². The number of methoxy groups -OCH3 is 1. The van der Waals surface area contributed by atoms with E-state index in [1.165, 1.54) is 18.7 Å². The molecule has 0 bridgehead atoms. The number of esters is 1. The molecule has 0 saturated carbocycles. The Bertz CT molecular complexity index is 780. The van der Waals surface area contributed by atoms with Crippen LogP contribution >= 0.6 is 23.4 Å². The molecule has 5 nitrogen and oxygen atoms in total. The lowest BCUT2D eigenvalue weighted by atomic mass is 10.2. The molecule has 0 radical (unpaired) electrons. The van der Waals surface area contributed by atoms with Crippen molar-refractivity contribution < 1.29 is 19.1 Å². The van der Waals surface area contributed by atoms with Gasteiger partial charge in [0, 0.05) is 15.6 Å². The zero-order valence-electron chi connectivity index (χ0n) is 14.7. The SMILES string of the molecule is COc1ccc(SCC(=O)O[C@@H](C)C(=O)Nc2cccc(Cl)c2C)cc1. The number of halogens is 1. The second kappa shape index (κ2) is 9.50. The molecular weight excluding hydrogens is 374 g/mol. The fraction of sp³-hybridized carbons (Fsp3) is 0.263. The number of thioether (sulfide) groups is 1. The molecule has 1 atom stereocenters. The van der Waals surface area contributed by atoms with Crippen LogP contribution in [0.5, 0.6) is 5.75 Å². The molecule has 0 fully saturated rings. The van der Waals surface area contributed by atoms with Crippen molar-refractivity contribution in [1.29, 1.82) is 0 Å². The Morgan fingerprint density at radius 1 is 1.19 bits per heavy atom. The van der Waals surface area contributed by atoms with Crippen LogP contribution < -0.4 is 10.1 Å². The number of carbonyl (C=O) groups excluding carboxylic acids is 2. The van der Waals surface area contributed by atoms with Gasteiger partial charge in [-0.2, -0.15) is 0 Å². The van der Waals surface area contributed by atoms with Gasteiger partial charge in [0.15, 0.2) is 6.10 Å². The summed E-state index contributed by atoms with van der Waals surface area (Å²) in [5.41, 5.74) is 1.36. The van der Waals surface area contributed by atoms with Crippen LogP contribution in [-0.2, 0) is 14.3 Å². The molecule has 0 aliphatic rings. The highest BCUT2D eigenvalue weighted by molar-refractivity contribution is 8.00. The molecule has 0 aliphatic heterocycles. The van der Waals surface area contributed by atoms with E-state index in [2.05, 4.69) is 5.32 Å². The highest BCUT2D eigenvalue weighted by atomic mass is 35.5. The van der Waals surface area contributed by atoms with Gasteiger partial charge in [0.2, 0.25) is 0 Å². The van der Waals surface area contributed by atoms with Crippen LogP contribution in [0.2, 0.25) is 5.02 Å². The third-order valence-corrected chi connectivity index (χ3v) is 5.01. The standard InChI is InChI=1S/C19H20ClNO4S/c1-12-16(20)5-4-6-17(12)21-19(23)13(2)25-18(22)11-26-15-9-7-14(24-3)8-10-15/h4-10,13H,11H2,1-3H3,(H,21,23)/t13-/m0/s1. The van der Waals surface area contributed by atoms with Crippen LogP contribution in [0, 0.1) is 6.92 Å². The van der Waals surface area contributed by atoms with Gasteiger partial charge in [-0.25, -0.2) is 0 Å². The molecular formula is C19H20ClNO4S. The first-order chi connectivity index (χ1) is 12.4. The molecule has 0 aromatic heterocycles. The van der Waals surface area contributed by atoms with E-state index in [1.54, 1.807) is 32.2 Å². The zero-order chi connectivity index (χ0) is 19.1. The molecule has 2 aromatic carbocycles.